The molecule has 102 valence electrons. The Bertz CT molecular complexity index is 391. The fourth-order valence-corrected chi connectivity index (χ4v) is 2.68. The lowest BCUT2D eigenvalue weighted by Crippen LogP contribution is -2.07. The summed E-state index contributed by atoms with van der Waals surface area (Å²) in [5.41, 5.74) is 2.98. The Hall–Kier alpha value is -0.850. The van der Waals surface area contributed by atoms with E-state index in [0.29, 0.717) is 11.8 Å². The minimum Gasteiger partial charge on any atom is -0.206 e. The van der Waals surface area contributed by atoms with Crippen LogP contribution in [-0.2, 0) is 0 Å². The van der Waals surface area contributed by atoms with Crippen molar-refractivity contribution in [2.75, 3.05) is 0 Å². The standard InChI is InChI=1S/C17H27F/c1-7-8-13(6)15-10-9-14(11(2)3)16(12(4)5)17(15)18/h9-13H,7-8H2,1-6H3. The van der Waals surface area contributed by atoms with Gasteiger partial charge in [-0.2, -0.15) is 0 Å². The summed E-state index contributed by atoms with van der Waals surface area (Å²) in [6.07, 6.45) is 2.15. The molecule has 0 saturated heterocycles. The first-order valence-corrected chi connectivity index (χ1v) is 7.22. The second-order valence-electron chi connectivity index (χ2n) is 5.97. The third-order valence-electron chi connectivity index (χ3n) is 3.70. The van der Waals surface area contributed by atoms with Crippen molar-refractivity contribution >= 4 is 0 Å². The van der Waals surface area contributed by atoms with Crippen molar-refractivity contribution in [1.29, 1.82) is 0 Å². The molecule has 0 aliphatic carbocycles. The van der Waals surface area contributed by atoms with E-state index in [-0.39, 0.29) is 11.7 Å². The van der Waals surface area contributed by atoms with Gasteiger partial charge in [0.1, 0.15) is 5.82 Å². The van der Waals surface area contributed by atoms with Crippen LogP contribution in [0.3, 0.4) is 0 Å². The van der Waals surface area contributed by atoms with Gasteiger partial charge in [-0.05, 0) is 40.9 Å². The summed E-state index contributed by atoms with van der Waals surface area (Å²) < 4.78 is 14.7. The lowest BCUT2D eigenvalue weighted by atomic mass is 9.85. The third kappa shape index (κ3) is 3.13. The minimum atomic E-state index is 0.0390. The maximum atomic E-state index is 14.7. The van der Waals surface area contributed by atoms with Crippen molar-refractivity contribution in [3.05, 3.63) is 34.6 Å². The number of hydrogen-bond acceptors (Lipinski definition) is 0. The Morgan fingerprint density at radius 1 is 0.944 bits per heavy atom. The number of benzene rings is 1. The van der Waals surface area contributed by atoms with Crippen molar-refractivity contribution in [3.63, 3.8) is 0 Å². The van der Waals surface area contributed by atoms with Gasteiger partial charge in [-0.15, -0.1) is 0 Å². The Morgan fingerprint density at radius 2 is 1.50 bits per heavy atom. The molecule has 1 heteroatoms. The van der Waals surface area contributed by atoms with Gasteiger partial charge < -0.3 is 0 Å². The van der Waals surface area contributed by atoms with E-state index in [4.69, 9.17) is 0 Å². The van der Waals surface area contributed by atoms with Crippen LogP contribution in [0.4, 0.5) is 4.39 Å². The van der Waals surface area contributed by atoms with Gasteiger partial charge in [0, 0.05) is 0 Å². The fraction of sp³-hybridized carbons (Fsp3) is 0.647. The van der Waals surface area contributed by atoms with E-state index in [1.165, 1.54) is 0 Å². The van der Waals surface area contributed by atoms with E-state index in [2.05, 4.69) is 47.6 Å². The molecule has 0 aliphatic heterocycles. The smallest absolute Gasteiger partial charge is 0.130 e. The van der Waals surface area contributed by atoms with E-state index < -0.39 is 0 Å². The van der Waals surface area contributed by atoms with Crippen LogP contribution in [0.15, 0.2) is 12.1 Å². The molecule has 0 heterocycles. The number of hydrogen-bond donors (Lipinski definition) is 0. The maximum absolute atomic E-state index is 14.7. The minimum absolute atomic E-state index is 0.0390. The second kappa shape index (κ2) is 6.36. The molecule has 1 atom stereocenters. The Balaban J connectivity index is 3.30. The monoisotopic (exact) mass is 250 g/mol. The molecule has 0 saturated carbocycles. The highest BCUT2D eigenvalue weighted by molar-refractivity contribution is 5.39. The van der Waals surface area contributed by atoms with Gasteiger partial charge in [-0.3, -0.25) is 0 Å². The van der Waals surface area contributed by atoms with Crippen molar-refractivity contribution in [1.82, 2.24) is 0 Å². The molecule has 0 radical (unpaired) electrons. The zero-order chi connectivity index (χ0) is 13.9. The van der Waals surface area contributed by atoms with Gasteiger partial charge >= 0.3 is 0 Å². The van der Waals surface area contributed by atoms with Gasteiger partial charge in [-0.1, -0.05) is 60.1 Å². The summed E-state index contributed by atoms with van der Waals surface area (Å²) >= 11 is 0. The van der Waals surface area contributed by atoms with Crippen molar-refractivity contribution < 1.29 is 4.39 Å². The first-order valence-electron chi connectivity index (χ1n) is 7.22. The van der Waals surface area contributed by atoms with Crippen molar-refractivity contribution in [2.24, 2.45) is 0 Å². The summed E-state index contributed by atoms with van der Waals surface area (Å²) in [6.45, 7) is 12.7. The second-order valence-corrected chi connectivity index (χ2v) is 5.97. The molecule has 0 aliphatic rings. The highest BCUT2D eigenvalue weighted by Gasteiger charge is 2.20. The van der Waals surface area contributed by atoms with Gasteiger partial charge in [-0.25, -0.2) is 4.39 Å². The highest BCUT2D eigenvalue weighted by Crippen LogP contribution is 2.34. The van der Waals surface area contributed by atoms with Crippen LogP contribution in [0.5, 0.6) is 0 Å². The van der Waals surface area contributed by atoms with Gasteiger partial charge in [0.05, 0.1) is 0 Å². The van der Waals surface area contributed by atoms with E-state index in [1.54, 1.807) is 0 Å². The average molecular weight is 250 g/mol. The molecule has 0 fully saturated rings. The predicted molar refractivity (Wildman–Crippen MR) is 77.9 cm³/mol. The van der Waals surface area contributed by atoms with E-state index in [1.807, 2.05) is 6.07 Å². The van der Waals surface area contributed by atoms with Crippen LogP contribution in [0.2, 0.25) is 0 Å². The molecule has 1 unspecified atom stereocenters. The first kappa shape index (κ1) is 15.2. The molecule has 0 amide bonds. The fourth-order valence-electron chi connectivity index (χ4n) is 2.68. The van der Waals surface area contributed by atoms with Crippen LogP contribution < -0.4 is 0 Å². The molecule has 1 rings (SSSR count). The zero-order valence-corrected chi connectivity index (χ0v) is 12.7. The molecule has 0 nitrogen and oxygen atoms in total. The summed E-state index contributed by atoms with van der Waals surface area (Å²) in [5, 5.41) is 0. The normalized spacial score (nSPS) is 13.4. The molecular formula is C17H27F. The quantitative estimate of drug-likeness (QED) is 0.603. The Kier molecular flexibility index (Phi) is 5.37. The summed E-state index contributed by atoms with van der Waals surface area (Å²) in [4.78, 5) is 0. The molecule has 0 aromatic heterocycles. The van der Waals surface area contributed by atoms with Crippen LogP contribution in [0.1, 0.15) is 88.8 Å². The van der Waals surface area contributed by atoms with Gasteiger partial charge in [0.15, 0.2) is 0 Å². The molecule has 0 N–H and O–H groups in total. The SMILES string of the molecule is CCCC(C)c1ccc(C(C)C)c(C(C)C)c1F. The van der Waals surface area contributed by atoms with E-state index in [0.717, 1.165) is 29.5 Å². The summed E-state index contributed by atoms with van der Waals surface area (Å²) in [5.74, 6) is 0.981. The lowest BCUT2D eigenvalue weighted by molar-refractivity contribution is 0.546. The average Bonchev–Trinajstić information content (AvgIpc) is 2.27. The number of halogens is 1. The highest BCUT2D eigenvalue weighted by atomic mass is 19.1. The van der Waals surface area contributed by atoms with Crippen LogP contribution in [-0.4, -0.2) is 0 Å². The summed E-state index contributed by atoms with van der Waals surface area (Å²) in [6, 6.07) is 4.13. The molecule has 18 heavy (non-hydrogen) atoms. The van der Waals surface area contributed by atoms with Crippen molar-refractivity contribution in [3.8, 4) is 0 Å². The molecule has 0 spiro atoms. The third-order valence-corrected chi connectivity index (χ3v) is 3.70. The molecule has 1 aromatic carbocycles. The first-order chi connectivity index (χ1) is 8.40. The van der Waals surface area contributed by atoms with Crippen molar-refractivity contribution in [2.45, 2.75) is 72.1 Å². The van der Waals surface area contributed by atoms with Gasteiger partial charge in [0.2, 0.25) is 0 Å². The van der Waals surface area contributed by atoms with Crippen LogP contribution in [0.25, 0.3) is 0 Å². The van der Waals surface area contributed by atoms with Crippen LogP contribution in [0, 0.1) is 5.82 Å². The Labute approximate surface area is 112 Å². The number of rotatable bonds is 5. The van der Waals surface area contributed by atoms with E-state index >= 15 is 0 Å². The van der Waals surface area contributed by atoms with Crippen LogP contribution >= 0.6 is 0 Å². The Morgan fingerprint density at radius 3 is 1.94 bits per heavy atom. The summed E-state index contributed by atoms with van der Waals surface area (Å²) in [7, 11) is 0. The zero-order valence-electron chi connectivity index (χ0n) is 12.7. The van der Waals surface area contributed by atoms with Gasteiger partial charge in [0.25, 0.3) is 0 Å². The molecular weight excluding hydrogens is 223 g/mol. The topological polar surface area (TPSA) is 0 Å². The van der Waals surface area contributed by atoms with E-state index in [9.17, 15) is 4.39 Å². The molecule has 1 aromatic rings. The maximum Gasteiger partial charge on any atom is 0.130 e. The largest absolute Gasteiger partial charge is 0.206 e. The molecule has 0 bridgehead atoms. The predicted octanol–water partition coefficient (Wildman–Crippen LogP) is 5.98. The lowest BCUT2D eigenvalue weighted by Gasteiger charge is -2.21.